The monoisotopic (exact) mass is 360 g/mol. The number of thioether (sulfide) groups is 1. The molecule has 1 aliphatic heterocycles. The molecule has 0 bridgehead atoms. The van der Waals surface area contributed by atoms with Gasteiger partial charge in [-0.1, -0.05) is 39.8 Å². The third-order valence-electron chi connectivity index (χ3n) is 3.54. The van der Waals surface area contributed by atoms with Crippen LogP contribution in [0, 0.1) is 0 Å². The number of carbonyl (C=O) groups excluding carboxylic acids is 2. The molecule has 0 saturated heterocycles. The van der Waals surface area contributed by atoms with Gasteiger partial charge in [-0.3, -0.25) is 9.59 Å². The van der Waals surface area contributed by atoms with E-state index in [0.717, 1.165) is 21.6 Å². The fourth-order valence-electron chi connectivity index (χ4n) is 2.46. The maximum absolute atomic E-state index is 12.2. The second-order valence-corrected chi connectivity index (χ2v) is 7.34. The molecule has 0 amide bonds. The average molecular weight is 361 g/mol. The summed E-state index contributed by atoms with van der Waals surface area (Å²) >= 11 is 4.94. The minimum atomic E-state index is -0.214. The van der Waals surface area contributed by atoms with E-state index in [0.29, 0.717) is 12.0 Å². The molecule has 0 spiro atoms. The van der Waals surface area contributed by atoms with Gasteiger partial charge in [0, 0.05) is 16.9 Å². The van der Waals surface area contributed by atoms with Crippen LogP contribution < -0.4 is 0 Å². The molecule has 106 valence electrons. The molecule has 2 nitrogen and oxygen atoms in total. The smallest absolute Gasteiger partial charge is 0.176 e. The first kappa shape index (κ1) is 14.5. The highest BCUT2D eigenvalue weighted by molar-refractivity contribution is 9.10. The Morgan fingerprint density at radius 1 is 1.29 bits per heavy atom. The molecule has 0 radical (unpaired) electrons. The van der Waals surface area contributed by atoms with Crippen molar-refractivity contribution in [3.63, 3.8) is 0 Å². The number of hydrogen-bond donors (Lipinski definition) is 0. The van der Waals surface area contributed by atoms with E-state index in [9.17, 15) is 9.59 Å². The summed E-state index contributed by atoms with van der Waals surface area (Å²) in [4.78, 5) is 24.8. The molecule has 1 aliphatic carbocycles. The molecule has 1 aromatic rings. The number of Topliss-reactive ketones (excluding diaryl/α,β-unsaturated/α-hetero) is 1. The molecule has 21 heavy (non-hydrogen) atoms. The van der Waals surface area contributed by atoms with E-state index in [4.69, 9.17) is 0 Å². The van der Waals surface area contributed by atoms with E-state index in [-0.39, 0.29) is 16.4 Å². The molecule has 1 aromatic carbocycles. The van der Waals surface area contributed by atoms with Crippen LogP contribution in [-0.2, 0) is 4.79 Å². The highest BCUT2D eigenvalue weighted by Crippen LogP contribution is 2.39. The maximum Gasteiger partial charge on any atom is 0.176 e. The highest BCUT2D eigenvalue weighted by Gasteiger charge is 2.21. The van der Waals surface area contributed by atoms with Gasteiger partial charge in [0.1, 0.15) is 0 Å². The van der Waals surface area contributed by atoms with Gasteiger partial charge < -0.3 is 0 Å². The van der Waals surface area contributed by atoms with Gasteiger partial charge in [0.05, 0.1) is 4.83 Å². The molecule has 2 aliphatic rings. The van der Waals surface area contributed by atoms with Gasteiger partial charge in [0.15, 0.2) is 11.6 Å². The lowest BCUT2D eigenvalue weighted by Gasteiger charge is -2.15. The fraction of sp³-hybridized carbons (Fsp3) is 0.176. The largest absolute Gasteiger partial charge is 0.294 e. The molecule has 1 heterocycles. The van der Waals surface area contributed by atoms with Crippen molar-refractivity contribution in [3.05, 3.63) is 58.5 Å². The highest BCUT2D eigenvalue weighted by atomic mass is 79.9. The zero-order chi connectivity index (χ0) is 15.0. The van der Waals surface area contributed by atoms with Crippen LogP contribution in [0.15, 0.2) is 52.3 Å². The molecule has 4 heteroatoms. The van der Waals surface area contributed by atoms with E-state index in [1.807, 2.05) is 42.7 Å². The van der Waals surface area contributed by atoms with Crippen molar-refractivity contribution < 1.29 is 9.59 Å². The Morgan fingerprint density at radius 3 is 2.86 bits per heavy atom. The summed E-state index contributed by atoms with van der Waals surface area (Å²) in [7, 11) is 0. The zero-order valence-electron chi connectivity index (χ0n) is 11.4. The van der Waals surface area contributed by atoms with Crippen LogP contribution >= 0.6 is 27.7 Å². The number of benzene rings is 1. The van der Waals surface area contributed by atoms with E-state index in [1.165, 1.54) is 0 Å². The molecule has 1 atom stereocenters. The third-order valence-corrected chi connectivity index (χ3v) is 4.84. The fourth-order valence-corrected chi connectivity index (χ4v) is 3.54. The normalized spacial score (nSPS) is 18.1. The van der Waals surface area contributed by atoms with Crippen molar-refractivity contribution in [2.75, 3.05) is 0 Å². The van der Waals surface area contributed by atoms with E-state index < -0.39 is 0 Å². The molecule has 0 saturated carbocycles. The summed E-state index contributed by atoms with van der Waals surface area (Å²) in [6.07, 6.45) is 5.89. The molecule has 0 aromatic heterocycles. The predicted octanol–water partition coefficient (Wildman–Crippen LogP) is 4.55. The minimum Gasteiger partial charge on any atom is -0.294 e. The van der Waals surface area contributed by atoms with Crippen LogP contribution in [0.1, 0.15) is 29.3 Å². The van der Waals surface area contributed by atoms with Crippen LogP contribution in [-0.4, -0.2) is 16.4 Å². The van der Waals surface area contributed by atoms with Gasteiger partial charge in [-0.05, 0) is 53.3 Å². The predicted molar refractivity (Wildman–Crippen MR) is 89.8 cm³/mol. The van der Waals surface area contributed by atoms with E-state index in [1.54, 1.807) is 17.8 Å². The van der Waals surface area contributed by atoms with Crippen LogP contribution in [0.5, 0.6) is 0 Å². The Balaban J connectivity index is 2.14. The van der Waals surface area contributed by atoms with Gasteiger partial charge in [0.2, 0.25) is 0 Å². The van der Waals surface area contributed by atoms with Crippen LogP contribution in [0.4, 0.5) is 0 Å². The molecule has 3 rings (SSSR count). The van der Waals surface area contributed by atoms with E-state index in [2.05, 4.69) is 15.9 Å². The first-order valence-corrected chi connectivity index (χ1v) is 8.46. The SMILES string of the molecule is CC(Br)C(=O)c1ccc2c(c1)C1=C(C=CS2)C=CC(=O)C1. The average Bonchev–Trinajstić information content (AvgIpc) is 2.65. The molecule has 1 unspecified atom stereocenters. The first-order valence-electron chi connectivity index (χ1n) is 6.66. The lowest BCUT2D eigenvalue weighted by molar-refractivity contribution is -0.113. The standard InChI is InChI=1S/C17H13BrO2S/c1-10(18)17(20)12-3-5-16-15(8-12)14-9-13(19)4-2-11(14)6-7-21-16/h2-8,10H,9H2,1H3. The Bertz CT molecular complexity index is 726. The Hall–Kier alpha value is -1.39. The lowest BCUT2D eigenvalue weighted by atomic mass is 9.89. The Kier molecular flexibility index (Phi) is 4.00. The van der Waals surface area contributed by atoms with Crippen molar-refractivity contribution in [1.82, 2.24) is 0 Å². The van der Waals surface area contributed by atoms with Crippen molar-refractivity contribution in [3.8, 4) is 0 Å². The minimum absolute atomic E-state index is 0.0554. The number of carbonyl (C=O) groups is 2. The van der Waals surface area contributed by atoms with Gasteiger partial charge in [-0.2, -0.15) is 0 Å². The second-order valence-electron chi connectivity index (χ2n) is 5.02. The topological polar surface area (TPSA) is 34.1 Å². The summed E-state index contributed by atoms with van der Waals surface area (Å²) in [5.41, 5.74) is 3.74. The molecular weight excluding hydrogens is 348 g/mol. The second kappa shape index (κ2) is 5.78. The summed E-state index contributed by atoms with van der Waals surface area (Å²) in [5.74, 6) is 0.158. The van der Waals surface area contributed by atoms with Crippen LogP contribution in [0.3, 0.4) is 0 Å². The van der Waals surface area contributed by atoms with E-state index >= 15 is 0 Å². The Morgan fingerprint density at radius 2 is 2.10 bits per heavy atom. The van der Waals surface area contributed by atoms with Gasteiger partial charge in [-0.15, -0.1) is 0 Å². The van der Waals surface area contributed by atoms with Crippen LogP contribution in [0.2, 0.25) is 0 Å². The summed E-state index contributed by atoms with van der Waals surface area (Å²) < 4.78 is 0. The van der Waals surface area contributed by atoms with Gasteiger partial charge >= 0.3 is 0 Å². The van der Waals surface area contributed by atoms with Gasteiger partial charge in [0.25, 0.3) is 0 Å². The van der Waals surface area contributed by atoms with Crippen molar-refractivity contribution >= 4 is 44.8 Å². The number of rotatable bonds is 2. The molecule has 0 fully saturated rings. The maximum atomic E-state index is 12.2. The number of allylic oxidation sites excluding steroid dienone is 5. The van der Waals surface area contributed by atoms with Gasteiger partial charge in [-0.25, -0.2) is 0 Å². The van der Waals surface area contributed by atoms with Crippen LogP contribution in [0.25, 0.3) is 5.57 Å². The third kappa shape index (κ3) is 2.83. The van der Waals surface area contributed by atoms with Crippen molar-refractivity contribution in [1.29, 1.82) is 0 Å². The quantitative estimate of drug-likeness (QED) is 0.572. The Labute approximate surface area is 136 Å². The summed E-state index contributed by atoms with van der Waals surface area (Å²) in [6.45, 7) is 1.82. The number of halogens is 1. The molecular formula is C17H13BrO2S. The number of fused-ring (bicyclic) bond motifs is 2. The lowest BCUT2D eigenvalue weighted by Crippen LogP contribution is -2.11. The molecule has 0 N–H and O–H groups in total. The first-order chi connectivity index (χ1) is 10.1. The summed E-state index contributed by atoms with van der Waals surface area (Å²) in [5, 5.41) is 2.02. The summed E-state index contributed by atoms with van der Waals surface area (Å²) in [6, 6.07) is 5.73. The number of ketones is 2. The van der Waals surface area contributed by atoms with Crippen molar-refractivity contribution in [2.45, 2.75) is 23.1 Å². The number of hydrogen-bond acceptors (Lipinski definition) is 3. The van der Waals surface area contributed by atoms with Crippen molar-refractivity contribution in [2.24, 2.45) is 0 Å². The number of alkyl halides is 1. The zero-order valence-corrected chi connectivity index (χ0v) is 13.8.